The second-order valence-electron chi connectivity index (χ2n) is 11.2. The minimum absolute atomic E-state index is 0.0626. The SMILES string of the molecule is CC(C)CNC(=O)[C@@H](Cc1ccccc1)N(Cc1ccc(F)cc1)C(=O)CCCN1C(=O)c2cccc3cccc1c23. The molecule has 1 aliphatic heterocycles. The summed E-state index contributed by atoms with van der Waals surface area (Å²) >= 11 is 0. The lowest BCUT2D eigenvalue weighted by Crippen LogP contribution is -2.51. The first-order valence-electron chi connectivity index (χ1n) is 14.5. The summed E-state index contributed by atoms with van der Waals surface area (Å²) in [4.78, 5) is 44.1. The number of nitrogens with zero attached hydrogens (tertiary/aromatic N) is 2. The smallest absolute Gasteiger partial charge is 0.258 e. The van der Waals surface area contributed by atoms with Gasteiger partial charge in [0, 0.05) is 43.4 Å². The number of halogens is 1. The minimum atomic E-state index is -0.755. The molecule has 6 nitrogen and oxygen atoms in total. The van der Waals surface area contributed by atoms with Crippen LogP contribution in [0.5, 0.6) is 0 Å². The summed E-state index contributed by atoms with van der Waals surface area (Å²) in [5.41, 5.74) is 3.21. The van der Waals surface area contributed by atoms with E-state index < -0.39 is 6.04 Å². The molecule has 0 saturated heterocycles. The number of carbonyl (C=O) groups is 3. The van der Waals surface area contributed by atoms with E-state index in [2.05, 4.69) is 5.32 Å². The molecular weight excluding hydrogens is 529 g/mol. The monoisotopic (exact) mass is 565 g/mol. The molecule has 0 aromatic heterocycles. The summed E-state index contributed by atoms with van der Waals surface area (Å²) in [5.74, 6) is -0.591. The van der Waals surface area contributed by atoms with Crippen LogP contribution in [0.4, 0.5) is 10.1 Å². The van der Waals surface area contributed by atoms with E-state index in [9.17, 15) is 18.8 Å². The standard InChI is InChI=1S/C35H36FN3O3/c1-24(2)22-37-34(41)31(21-25-9-4-3-5-10-25)39(23-26-16-18-28(36)19-17-26)32(40)15-8-20-38-30-14-7-12-27-11-6-13-29(33(27)30)35(38)42/h3-7,9-14,16-19,24,31H,8,15,20-23H2,1-2H3,(H,37,41)/t31-/m1/s1. The van der Waals surface area contributed by atoms with Gasteiger partial charge in [0.05, 0.1) is 5.69 Å². The molecule has 1 heterocycles. The molecule has 1 atom stereocenters. The molecule has 216 valence electrons. The molecule has 0 unspecified atom stereocenters. The van der Waals surface area contributed by atoms with Gasteiger partial charge in [-0.2, -0.15) is 0 Å². The number of hydrogen-bond donors (Lipinski definition) is 1. The molecule has 0 spiro atoms. The lowest BCUT2D eigenvalue weighted by Gasteiger charge is -2.32. The average Bonchev–Trinajstić information content (AvgIpc) is 3.27. The first-order valence-corrected chi connectivity index (χ1v) is 14.5. The van der Waals surface area contributed by atoms with Crippen molar-refractivity contribution in [2.75, 3.05) is 18.0 Å². The van der Waals surface area contributed by atoms with E-state index in [1.54, 1.807) is 21.9 Å². The summed E-state index contributed by atoms with van der Waals surface area (Å²) in [6.07, 6.45) is 0.931. The zero-order valence-electron chi connectivity index (χ0n) is 24.1. The second kappa shape index (κ2) is 13.0. The molecule has 1 N–H and O–H groups in total. The van der Waals surface area contributed by atoms with Crippen LogP contribution in [0.15, 0.2) is 91.0 Å². The van der Waals surface area contributed by atoms with Gasteiger partial charge in [0.25, 0.3) is 5.91 Å². The summed E-state index contributed by atoms with van der Waals surface area (Å²) in [7, 11) is 0. The molecule has 0 aliphatic carbocycles. The van der Waals surface area contributed by atoms with Gasteiger partial charge in [-0.05, 0) is 53.1 Å². The number of hydrogen-bond acceptors (Lipinski definition) is 3. The van der Waals surface area contributed by atoms with Gasteiger partial charge >= 0.3 is 0 Å². The summed E-state index contributed by atoms with van der Waals surface area (Å²) in [6, 6.07) is 26.5. The Labute approximate surface area is 246 Å². The molecule has 5 rings (SSSR count). The van der Waals surface area contributed by atoms with Gasteiger partial charge in [-0.25, -0.2) is 4.39 Å². The van der Waals surface area contributed by atoms with Crippen molar-refractivity contribution in [2.24, 2.45) is 5.92 Å². The number of nitrogens with one attached hydrogen (secondary N) is 1. The Balaban J connectivity index is 1.37. The molecule has 7 heteroatoms. The Kier molecular flexibility index (Phi) is 8.96. The fourth-order valence-corrected chi connectivity index (χ4v) is 5.50. The largest absolute Gasteiger partial charge is 0.354 e. The first-order chi connectivity index (χ1) is 20.3. The van der Waals surface area contributed by atoms with Gasteiger partial charge in [0.15, 0.2) is 0 Å². The van der Waals surface area contributed by atoms with Crippen LogP contribution in [-0.4, -0.2) is 41.8 Å². The Morgan fingerprint density at radius 3 is 2.31 bits per heavy atom. The fourth-order valence-electron chi connectivity index (χ4n) is 5.50. The predicted molar refractivity (Wildman–Crippen MR) is 164 cm³/mol. The third-order valence-corrected chi connectivity index (χ3v) is 7.64. The Morgan fingerprint density at radius 2 is 1.60 bits per heavy atom. The maximum Gasteiger partial charge on any atom is 0.258 e. The Hall–Kier alpha value is -4.52. The lowest BCUT2D eigenvalue weighted by atomic mass is 10.0. The van der Waals surface area contributed by atoms with Crippen molar-refractivity contribution in [3.8, 4) is 0 Å². The van der Waals surface area contributed by atoms with Crippen molar-refractivity contribution in [1.82, 2.24) is 10.2 Å². The van der Waals surface area contributed by atoms with Crippen LogP contribution in [0.25, 0.3) is 10.8 Å². The maximum atomic E-state index is 13.9. The maximum absolute atomic E-state index is 13.9. The van der Waals surface area contributed by atoms with Crippen LogP contribution in [0.3, 0.4) is 0 Å². The van der Waals surface area contributed by atoms with E-state index in [0.29, 0.717) is 31.5 Å². The van der Waals surface area contributed by atoms with Crippen LogP contribution in [-0.2, 0) is 22.6 Å². The van der Waals surface area contributed by atoms with Crippen molar-refractivity contribution in [3.05, 3.63) is 114 Å². The first kappa shape index (κ1) is 29.0. The highest BCUT2D eigenvalue weighted by atomic mass is 19.1. The molecule has 0 bridgehead atoms. The topological polar surface area (TPSA) is 69.7 Å². The molecule has 4 aromatic rings. The molecule has 0 fully saturated rings. The van der Waals surface area contributed by atoms with E-state index in [1.807, 2.05) is 80.6 Å². The van der Waals surface area contributed by atoms with Crippen molar-refractivity contribution >= 4 is 34.2 Å². The normalized spacial score (nSPS) is 13.0. The average molecular weight is 566 g/mol. The van der Waals surface area contributed by atoms with E-state index in [4.69, 9.17) is 0 Å². The van der Waals surface area contributed by atoms with Crippen LogP contribution < -0.4 is 10.2 Å². The highest BCUT2D eigenvalue weighted by Gasteiger charge is 2.32. The van der Waals surface area contributed by atoms with Crippen LogP contribution in [0.1, 0.15) is 48.2 Å². The number of carbonyl (C=O) groups excluding carboxylic acids is 3. The third kappa shape index (κ3) is 6.51. The van der Waals surface area contributed by atoms with Crippen LogP contribution in [0, 0.1) is 11.7 Å². The number of benzene rings is 4. The van der Waals surface area contributed by atoms with Gasteiger partial charge in [-0.3, -0.25) is 14.4 Å². The molecule has 3 amide bonds. The molecule has 4 aromatic carbocycles. The zero-order valence-corrected chi connectivity index (χ0v) is 24.1. The lowest BCUT2D eigenvalue weighted by molar-refractivity contribution is -0.141. The molecular formula is C35H36FN3O3. The van der Waals surface area contributed by atoms with E-state index in [0.717, 1.165) is 27.6 Å². The van der Waals surface area contributed by atoms with Gasteiger partial charge in [0.1, 0.15) is 11.9 Å². The van der Waals surface area contributed by atoms with Gasteiger partial charge in [-0.1, -0.05) is 80.6 Å². The number of amides is 3. The van der Waals surface area contributed by atoms with Crippen LogP contribution in [0.2, 0.25) is 0 Å². The predicted octanol–water partition coefficient (Wildman–Crippen LogP) is 6.13. The number of rotatable bonds is 12. The van der Waals surface area contributed by atoms with Gasteiger partial charge in [0.2, 0.25) is 11.8 Å². The zero-order chi connectivity index (χ0) is 29.6. The molecule has 42 heavy (non-hydrogen) atoms. The number of anilines is 1. The van der Waals surface area contributed by atoms with Gasteiger partial charge < -0.3 is 15.1 Å². The Morgan fingerprint density at radius 1 is 0.881 bits per heavy atom. The molecule has 0 radical (unpaired) electrons. The summed E-state index contributed by atoms with van der Waals surface area (Å²) in [5, 5.41) is 4.97. The van der Waals surface area contributed by atoms with Crippen molar-refractivity contribution in [2.45, 2.75) is 45.7 Å². The summed E-state index contributed by atoms with van der Waals surface area (Å²) in [6.45, 7) is 5.08. The highest BCUT2D eigenvalue weighted by Crippen LogP contribution is 2.37. The van der Waals surface area contributed by atoms with Crippen molar-refractivity contribution in [3.63, 3.8) is 0 Å². The summed E-state index contributed by atoms with van der Waals surface area (Å²) < 4.78 is 13.7. The Bertz CT molecular complexity index is 1560. The van der Waals surface area contributed by atoms with E-state index >= 15 is 0 Å². The highest BCUT2D eigenvalue weighted by molar-refractivity contribution is 6.25. The van der Waals surface area contributed by atoms with Crippen LogP contribution >= 0.6 is 0 Å². The minimum Gasteiger partial charge on any atom is -0.354 e. The molecule has 0 saturated carbocycles. The third-order valence-electron chi connectivity index (χ3n) is 7.64. The van der Waals surface area contributed by atoms with Crippen molar-refractivity contribution < 1.29 is 18.8 Å². The fraction of sp³-hybridized carbons (Fsp3) is 0.286. The quantitative estimate of drug-likeness (QED) is 0.225. The van der Waals surface area contributed by atoms with E-state index in [1.165, 1.54) is 12.1 Å². The second-order valence-corrected chi connectivity index (χ2v) is 11.2. The van der Waals surface area contributed by atoms with Gasteiger partial charge in [-0.15, -0.1) is 0 Å². The van der Waals surface area contributed by atoms with E-state index in [-0.39, 0.29) is 42.4 Å². The molecule has 1 aliphatic rings. The van der Waals surface area contributed by atoms with Crippen molar-refractivity contribution in [1.29, 1.82) is 0 Å².